The van der Waals surface area contributed by atoms with E-state index in [4.69, 9.17) is 15.1 Å². The van der Waals surface area contributed by atoms with Gasteiger partial charge in [-0.25, -0.2) is 10.3 Å². The number of alkyl halides is 3. The van der Waals surface area contributed by atoms with E-state index < -0.39 is 24.1 Å². The maximum absolute atomic E-state index is 11.4. The summed E-state index contributed by atoms with van der Waals surface area (Å²) < 4.78 is 31.7. The van der Waals surface area contributed by atoms with Gasteiger partial charge in [-0.15, -0.1) is 0 Å². The number of nitrogens with zero attached hydrogens (tertiary/aromatic N) is 1. The summed E-state index contributed by atoms with van der Waals surface area (Å²) in [5, 5.41) is 15.5. The summed E-state index contributed by atoms with van der Waals surface area (Å²) in [6.07, 6.45) is -4.30. The van der Waals surface area contributed by atoms with Crippen molar-refractivity contribution in [3.8, 4) is 0 Å². The standard InChI is InChI=1S/C8H14N2O3.C2HF3O2/c1-5-3-4-10(8(5)12)6(2)7(11)9-13;3-2(4,5)1(6)7/h5-6,13H,3-4H2,1-2H3,(H,9,11);(H,6,7). The minimum atomic E-state index is -5.08. The van der Waals surface area contributed by atoms with Gasteiger partial charge in [-0.2, -0.15) is 13.2 Å². The fraction of sp³-hybridized carbons (Fsp3) is 0.700. The average molecular weight is 300 g/mol. The molecule has 3 N–H and O–H groups in total. The number of nitrogens with one attached hydrogen (secondary N) is 1. The lowest BCUT2D eigenvalue weighted by Gasteiger charge is -2.22. The topological polar surface area (TPSA) is 107 Å². The number of hydrogen-bond donors (Lipinski definition) is 3. The average Bonchev–Trinajstić information content (AvgIpc) is 2.68. The molecular formula is C10H15F3N2O5. The first kappa shape index (κ1) is 18.2. The predicted molar refractivity (Wildman–Crippen MR) is 58.6 cm³/mol. The van der Waals surface area contributed by atoms with Crippen LogP contribution in [-0.4, -0.2) is 51.8 Å². The molecule has 116 valence electrons. The third kappa shape index (κ3) is 5.03. The van der Waals surface area contributed by atoms with E-state index in [0.717, 1.165) is 6.42 Å². The van der Waals surface area contributed by atoms with Crippen molar-refractivity contribution in [3.63, 3.8) is 0 Å². The molecular weight excluding hydrogens is 285 g/mol. The molecule has 2 unspecified atom stereocenters. The fourth-order valence-corrected chi connectivity index (χ4v) is 1.47. The van der Waals surface area contributed by atoms with Gasteiger partial charge in [0.2, 0.25) is 5.91 Å². The molecule has 0 spiro atoms. The maximum Gasteiger partial charge on any atom is 0.490 e. The van der Waals surface area contributed by atoms with E-state index >= 15 is 0 Å². The molecule has 1 aliphatic rings. The number of carbonyl (C=O) groups excluding carboxylic acids is 2. The molecule has 0 radical (unpaired) electrons. The number of hydroxylamine groups is 1. The Morgan fingerprint density at radius 3 is 2.15 bits per heavy atom. The second kappa shape index (κ2) is 7.08. The van der Waals surface area contributed by atoms with Crippen LogP contribution in [0.2, 0.25) is 0 Å². The molecule has 0 aromatic rings. The van der Waals surface area contributed by atoms with Gasteiger partial charge in [0.05, 0.1) is 0 Å². The van der Waals surface area contributed by atoms with Crippen molar-refractivity contribution in [1.82, 2.24) is 10.4 Å². The minimum Gasteiger partial charge on any atom is -0.475 e. The summed E-state index contributed by atoms with van der Waals surface area (Å²) in [4.78, 5) is 32.8. The van der Waals surface area contributed by atoms with Gasteiger partial charge in [-0.1, -0.05) is 6.92 Å². The molecule has 7 nitrogen and oxygen atoms in total. The molecule has 2 amide bonds. The quantitative estimate of drug-likeness (QED) is 0.505. The highest BCUT2D eigenvalue weighted by atomic mass is 19.4. The van der Waals surface area contributed by atoms with Gasteiger partial charge < -0.3 is 10.0 Å². The van der Waals surface area contributed by atoms with Gasteiger partial charge in [0, 0.05) is 12.5 Å². The van der Waals surface area contributed by atoms with Gasteiger partial charge >= 0.3 is 12.1 Å². The molecule has 20 heavy (non-hydrogen) atoms. The first-order valence-electron chi connectivity index (χ1n) is 5.56. The number of rotatable bonds is 2. The number of amides is 2. The van der Waals surface area contributed by atoms with Gasteiger partial charge in [0.25, 0.3) is 5.91 Å². The zero-order valence-corrected chi connectivity index (χ0v) is 10.8. The first-order chi connectivity index (χ1) is 9.02. The molecule has 0 aliphatic carbocycles. The van der Waals surface area contributed by atoms with Crippen LogP contribution in [-0.2, 0) is 14.4 Å². The van der Waals surface area contributed by atoms with Crippen molar-refractivity contribution in [2.45, 2.75) is 32.5 Å². The molecule has 0 aromatic heterocycles. The summed E-state index contributed by atoms with van der Waals surface area (Å²) in [6, 6.07) is -0.581. The molecule has 0 saturated carbocycles. The van der Waals surface area contributed by atoms with Gasteiger partial charge in [-0.05, 0) is 13.3 Å². The number of likely N-dealkylation sites (tertiary alicyclic amines) is 1. The summed E-state index contributed by atoms with van der Waals surface area (Å²) in [5.41, 5.74) is 1.54. The predicted octanol–water partition coefficient (Wildman–Crippen LogP) is 0.382. The first-order valence-corrected chi connectivity index (χ1v) is 5.56. The molecule has 1 heterocycles. The highest BCUT2D eigenvalue weighted by molar-refractivity contribution is 5.88. The Balaban J connectivity index is 0.000000441. The van der Waals surface area contributed by atoms with E-state index in [1.807, 2.05) is 6.92 Å². The lowest BCUT2D eigenvalue weighted by Crippen LogP contribution is -2.45. The zero-order valence-electron chi connectivity index (χ0n) is 10.8. The van der Waals surface area contributed by atoms with Crippen molar-refractivity contribution in [1.29, 1.82) is 0 Å². The van der Waals surface area contributed by atoms with Crippen molar-refractivity contribution < 1.29 is 37.9 Å². The summed E-state index contributed by atoms with van der Waals surface area (Å²) in [7, 11) is 0. The van der Waals surface area contributed by atoms with Crippen molar-refractivity contribution in [2.24, 2.45) is 5.92 Å². The Morgan fingerprint density at radius 2 is 1.90 bits per heavy atom. The lowest BCUT2D eigenvalue weighted by molar-refractivity contribution is -0.192. The molecule has 1 fully saturated rings. The largest absolute Gasteiger partial charge is 0.490 e. The number of aliphatic carboxylic acids is 1. The lowest BCUT2D eigenvalue weighted by atomic mass is 10.1. The van der Waals surface area contributed by atoms with Crippen LogP contribution in [0, 0.1) is 5.92 Å². The van der Waals surface area contributed by atoms with Crippen LogP contribution in [0.1, 0.15) is 20.3 Å². The van der Waals surface area contributed by atoms with Gasteiger partial charge in [0.15, 0.2) is 0 Å². The zero-order chi connectivity index (χ0) is 16.1. The van der Waals surface area contributed by atoms with E-state index in [1.54, 1.807) is 12.4 Å². The fourth-order valence-electron chi connectivity index (χ4n) is 1.47. The number of carbonyl (C=O) groups is 3. The van der Waals surface area contributed by atoms with Crippen LogP contribution in [0.5, 0.6) is 0 Å². The maximum atomic E-state index is 11.4. The number of halogens is 3. The number of hydrogen-bond acceptors (Lipinski definition) is 4. The summed E-state index contributed by atoms with van der Waals surface area (Å²) in [5.74, 6) is -3.32. The van der Waals surface area contributed by atoms with Crippen LogP contribution < -0.4 is 5.48 Å². The van der Waals surface area contributed by atoms with Crippen molar-refractivity contribution in [3.05, 3.63) is 0 Å². The van der Waals surface area contributed by atoms with Gasteiger partial charge in [0.1, 0.15) is 6.04 Å². The third-order valence-electron chi connectivity index (χ3n) is 2.71. The number of carboxylic acids is 1. The molecule has 2 atom stereocenters. The second-order valence-electron chi connectivity index (χ2n) is 4.18. The highest BCUT2D eigenvalue weighted by Gasteiger charge is 2.38. The Hall–Kier alpha value is -1.84. The monoisotopic (exact) mass is 300 g/mol. The Bertz CT molecular complexity index is 386. The Morgan fingerprint density at radius 1 is 1.45 bits per heavy atom. The molecule has 0 bridgehead atoms. The summed E-state index contributed by atoms with van der Waals surface area (Å²) in [6.45, 7) is 4.03. The smallest absolute Gasteiger partial charge is 0.475 e. The van der Waals surface area contributed by atoms with Gasteiger partial charge in [-0.3, -0.25) is 14.8 Å². The van der Waals surface area contributed by atoms with Crippen LogP contribution in [0.4, 0.5) is 13.2 Å². The highest BCUT2D eigenvalue weighted by Crippen LogP contribution is 2.19. The molecule has 0 aromatic carbocycles. The SMILES string of the molecule is CC1CCN(C(C)C(=O)NO)C1=O.O=C(O)C(F)(F)F. The van der Waals surface area contributed by atoms with E-state index in [-0.39, 0.29) is 11.8 Å². The van der Waals surface area contributed by atoms with E-state index in [2.05, 4.69) is 0 Å². The molecule has 1 aliphatic heterocycles. The third-order valence-corrected chi connectivity index (χ3v) is 2.71. The van der Waals surface area contributed by atoms with Crippen molar-refractivity contribution >= 4 is 17.8 Å². The minimum absolute atomic E-state index is 0.00561. The van der Waals surface area contributed by atoms with E-state index in [9.17, 15) is 22.8 Å². The normalized spacial score (nSPS) is 20.0. The van der Waals surface area contributed by atoms with Crippen LogP contribution in [0.25, 0.3) is 0 Å². The van der Waals surface area contributed by atoms with Crippen LogP contribution in [0.15, 0.2) is 0 Å². The number of carboxylic acid groups (broad SMARTS) is 1. The Kier molecular flexibility index (Phi) is 6.43. The Labute approximate surface area is 112 Å². The van der Waals surface area contributed by atoms with E-state index in [1.165, 1.54) is 4.90 Å². The molecule has 1 saturated heterocycles. The van der Waals surface area contributed by atoms with Crippen LogP contribution >= 0.6 is 0 Å². The van der Waals surface area contributed by atoms with Crippen molar-refractivity contribution in [2.75, 3.05) is 6.54 Å². The van der Waals surface area contributed by atoms with Crippen LogP contribution in [0.3, 0.4) is 0 Å². The van der Waals surface area contributed by atoms with E-state index in [0.29, 0.717) is 6.54 Å². The second-order valence-corrected chi connectivity index (χ2v) is 4.18. The molecule has 10 heteroatoms. The summed E-state index contributed by atoms with van der Waals surface area (Å²) >= 11 is 0. The molecule has 1 rings (SSSR count).